The SMILES string of the molecule is O=C(CSc1ccc2c(c1)OCCO2)N(C1CCCC1)C1CCS(=O)(=O)C1. The van der Waals surface area contributed by atoms with E-state index in [1.807, 2.05) is 23.1 Å². The topological polar surface area (TPSA) is 72.9 Å². The maximum Gasteiger partial charge on any atom is 0.233 e. The van der Waals surface area contributed by atoms with E-state index in [0.717, 1.165) is 36.3 Å². The van der Waals surface area contributed by atoms with Gasteiger partial charge >= 0.3 is 0 Å². The van der Waals surface area contributed by atoms with Crippen molar-refractivity contribution >= 4 is 27.5 Å². The molecule has 4 rings (SSSR count). The number of carbonyl (C=O) groups excluding carboxylic acids is 1. The number of sulfone groups is 1. The van der Waals surface area contributed by atoms with Gasteiger partial charge in [-0.05, 0) is 37.5 Å². The van der Waals surface area contributed by atoms with E-state index in [1.165, 1.54) is 11.8 Å². The van der Waals surface area contributed by atoms with Crippen molar-refractivity contribution in [3.8, 4) is 11.5 Å². The maximum atomic E-state index is 13.0. The number of nitrogens with zero attached hydrogens (tertiary/aromatic N) is 1. The van der Waals surface area contributed by atoms with Crippen molar-refractivity contribution in [2.75, 3.05) is 30.5 Å². The summed E-state index contributed by atoms with van der Waals surface area (Å²) in [7, 11) is -3.01. The predicted molar refractivity (Wildman–Crippen MR) is 104 cm³/mol. The lowest BCUT2D eigenvalue weighted by Crippen LogP contribution is -2.47. The molecule has 0 N–H and O–H groups in total. The molecule has 6 nitrogen and oxygen atoms in total. The molecule has 2 aliphatic heterocycles. The summed E-state index contributed by atoms with van der Waals surface area (Å²) in [6.45, 7) is 1.09. The highest BCUT2D eigenvalue weighted by atomic mass is 32.2. The van der Waals surface area contributed by atoms with Gasteiger partial charge in [0.2, 0.25) is 5.91 Å². The second-order valence-corrected chi connectivity index (χ2v) is 10.7. The van der Waals surface area contributed by atoms with Crippen LogP contribution < -0.4 is 9.47 Å². The van der Waals surface area contributed by atoms with Crippen LogP contribution in [0, 0.1) is 0 Å². The second-order valence-electron chi connectivity index (χ2n) is 7.39. The minimum atomic E-state index is -3.01. The van der Waals surface area contributed by atoms with Crippen molar-refractivity contribution in [3.05, 3.63) is 18.2 Å². The highest BCUT2D eigenvalue weighted by Crippen LogP contribution is 2.35. The van der Waals surface area contributed by atoms with Crippen LogP contribution in [0.3, 0.4) is 0 Å². The molecule has 1 aromatic rings. The molecule has 0 aromatic heterocycles. The Labute approximate surface area is 164 Å². The van der Waals surface area contributed by atoms with Gasteiger partial charge in [-0.2, -0.15) is 0 Å². The van der Waals surface area contributed by atoms with Crippen molar-refractivity contribution < 1.29 is 22.7 Å². The number of benzene rings is 1. The first kappa shape index (κ1) is 18.9. The number of hydrogen-bond acceptors (Lipinski definition) is 6. The average Bonchev–Trinajstić information content (AvgIpc) is 3.30. The molecule has 1 saturated heterocycles. The fourth-order valence-electron chi connectivity index (χ4n) is 4.22. The summed E-state index contributed by atoms with van der Waals surface area (Å²) >= 11 is 1.47. The first-order valence-corrected chi connectivity index (χ1v) is 12.4. The average molecular weight is 412 g/mol. The molecule has 0 bridgehead atoms. The normalized spacial score (nSPS) is 24.1. The van der Waals surface area contributed by atoms with Crippen LogP contribution in [0.1, 0.15) is 32.1 Å². The number of ether oxygens (including phenoxy) is 2. The van der Waals surface area contributed by atoms with E-state index in [4.69, 9.17) is 9.47 Å². The van der Waals surface area contributed by atoms with E-state index in [1.54, 1.807) is 0 Å². The molecular formula is C19H25NO5S2. The zero-order valence-corrected chi connectivity index (χ0v) is 16.9. The van der Waals surface area contributed by atoms with Crippen LogP contribution in [0.5, 0.6) is 11.5 Å². The lowest BCUT2D eigenvalue weighted by Gasteiger charge is -2.34. The first-order valence-electron chi connectivity index (χ1n) is 9.56. The minimum absolute atomic E-state index is 0.0453. The molecule has 1 unspecified atom stereocenters. The monoisotopic (exact) mass is 411 g/mol. The molecular weight excluding hydrogens is 386 g/mol. The highest BCUT2D eigenvalue weighted by molar-refractivity contribution is 8.00. The number of thioether (sulfide) groups is 1. The number of carbonyl (C=O) groups is 1. The molecule has 1 aliphatic carbocycles. The van der Waals surface area contributed by atoms with Crippen molar-refractivity contribution in [2.45, 2.75) is 49.1 Å². The summed E-state index contributed by atoms with van der Waals surface area (Å²) in [4.78, 5) is 15.9. The smallest absolute Gasteiger partial charge is 0.233 e. The third-order valence-corrected chi connectivity index (χ3v) is 8.21. The van der Waals surface area contributed by atoms with Crippen LogP contribution in [0.2, 0.25) is 0 Å². The van der Waals surface area contributed by atoms with Crippen LogP contribution in [0.4, 0.5) is 0 Å². The Morgan fingerprint density at radius 2 is 1.81 bits per heavy atom. The van der Waals surface area contributed by atoms with E-state index in [-0.39, 0.29) is 29.5 Å². The van der Waals surface area contributed by atoms with Gasteiger partial charge in [-0.3, -0.25) is 4.79 Å². The summed E-state index contributed by atoms with van der Waals surface area (Å²) in [6, 6.07) is 5.75. The Kier molecular flexibility index (Phi) is 5.55. The number of amides is 1. The molecule has 8 heteroatoms. The lowest BCUT2D eigenvalue weighted by molar-refractivity contribution is -0.132. The van der Waals surface area contributed by atoms with Gasteiger partial charge in [0.05, 0.1) is 17.3 Å². The summed E-state index contributed by atoms with van der Waals surface area (Å²) in [6.07, 6.45) is 4.76. The quantitative estimate of drug-likeness (QED) is 0.693. The summed E-state index contributed by atoms with van der Waals surface area (Å²) in [5, 5.41) is 0. The van der Waals surface area contributed by atoms with Crippen LogP contribution in [-0.2, 0) is 14.6 Å². The van der Waals surface area contributed by atoms with Crippen LogP contribution in [-0.4, -0.2) is 61.8 Å². The summed E-state index contributed by atoms with van der Waals surface area (Å²) in [5.74, 6) is 2.12. The second kappa shape index (κ2) is 7.91. The van der Waals surface area contributed by atoms with Crippen molar-refractivity contribution in [1.29, 1.82) is 0 Å². The molecule has 1 saturated carbocycles. The van der Waals surface area contributed by atoms with Gasteiger partial charge in [0.15, 0.2) is 21.3 Å². The van der Waals surface area contributed by atoms with E-state index in [2.05, 4.69) is 0 Å². The summed E-state index contributed by atoms with van der Waals surface area (Å²) in [5.41, 5.74) is 0. The highest BCUT2D eigenvalue weighted by Gasteiger charge is 2.38. The van der Waals surface area contributed by atoms with E-state index in [9.17, 15) is 13.2 Å². The molecule has 27 heavy (non-hydrogen) atoms. The first-order chi connectivity index (χ1) is 13.0. The Hall–Kier alpha value is -1.41. The Balaban J connectivity index is 1.44. The van der Waals surface area contributed by atoms with E-state index < -0.39 is 9.84 Å². The molecule has 0 radical (unpaired) electrons. The van der Waals surface area contributed by atoms with Gasteiger partial charge in [0.25, 0.3) is 0 Å². The van der Waals surface area contributed by atoms with Crippen molar-refractivity contribution in [3.63, 3.8) is 0 Å². The summed E-state index contributed by atoms with van der Waals surface area (Å²) < 4.78 is 35.0. The third kappa shape index (κ3) is 4.37. The van der Waals surface area contributed by atoms with Gasteiger partial charge in [-0.25, -0.2) is 8.42 Å². The molecule has 1 atom stereocenters. The molecule has 1 aromatic carbocycles. The van der Waals surface area contributed by atoms with Crippen molar-refractivity contribution in [2.24, 2.45) is 0 Å². The van der Waals surface area contributed by atoms with Crippen LogP contribution in [0.25, 0.3) is 0 Å². The van der Waals surface area contributed by atoms with E-state index in [0.29, 0.717) is 31.1 Å². The molecule has 1 amide bonds. The Morgan fingerprint density at radius 1 is 1.07 bits per heavy atom. The minimum Gasteiger partial charge on any atom is -0.486 e. The standard InChI is InChI=1S/C19H25NO5S2/c21-19(12-26-16-5-6-17-18(11-16)25-9-8-24-17)20(14-3-1-2-4-14)15-7-10-27(22,23)13-15/h5-6,11,14-15H,1-4,7-10,12-13H2. The fourth-order valence-corrected chi connectivity index (χ4v) is 6.72. The zero-order valence-electron chi connectivity index (χ0n) is 15.3. The largest absolute Gasteiger partial charge is 0.486 e. The number of rotatable bonds is 5. The molecule has 148 valence electrons. The maximum absolute atomic E-state index is 13.0. The van der Waals surface area contributed by atoms with Gasteiger partial charge < -0.3 is 14.4 Å². The fraction of sp³-hybridized carbons (Fsp3) is 0.632. The van der Waals surface area contributed by atoms with E-state index >= 15 is 0 Å². The Bertz CT molecular complexity index is 804. The Morgan fingerprint density at radius 3 is 2.52 bits per heavy atom. The number of hydrogen-bond donors (Lipinski definition) is 0. The molecule has 2 fully saturated rings. The molecule has 3 aliphatic rings. The predicted octanol–water partition coefficient (Wildman–Crippen LogP) is 2.51. The third-order valence-electron chi connectivity index (χ3n) is 5.48. The van der Waals surface area contributed by atoms with Gasteiger partial charge in [0, 0.05) is 17.0 Å². The molecule has 2 heterocycles. The van der Waals surface area contributed by atoms with Gasteiger partial charge in [0.1, 0.15) is 13.2 Å². The lowest BCUT2D eigenvalue weighted by atomic mass is 10.1. The molecule has 0 spiro atoms. The van der Waals surface area contributed by atoms with Crippen LogP contribution in [0.15, 0.2) is 23.1 Å². The van der Waals surface area contributed by atoms with Crippen LogP contribution >= 0.6 is 11.8 Å². The zero-order chi connectivity index (χ0) is 18.9. The number of fused-ring (bicyclic) bond motifs is 1. The van der Waals surface area contributed by atoms with Gasteiger partial charge in [-0.15, -0.1) is 11.8 Å². The van der Waals surface area contributed by atoms with Gasteiger partial charge in [-0.1, -0.05) is 12.8 Å². The van der Waals surface area contributed by atoms with Crippen molar-refractivity contribution in [1.82, 2.24) is 4.90 Å².